The van der Waals surface area contributed by atoms with Crippen LogP contribution in [0.5, 0.6) is 0 Å². The minimum Gasteiger partial charge on any atom is -0.478 e. The number of hydrogen-bond acceptors (Lipinski definition) is 4. The van der Waals surface area contributed by atoms with E-state index in [1.807, 2.05) is 0 Å². The van der Waals surface area contributed by atoms with Gasteiger partial charge in [0.15, 0.2) is 0 Å². The number of rotatable bonds is 4. The molecule has 0 unspecified atom stereocenters. The van der Waals surface area contributed by atoms with Gasteiger partial charge in [-0.3, -0.25) is 9.71 Å². The van der Waals surface area contributed by atoms with Crippen molar-refractivity contribution in [3.05, 3.63) is 53.6 Å². The molecule has 110 valence electrons. The summed E-state index contributed by atoms with van der Waals surface area (Å²) in [5, 5.41) is 8.84. The number of carboxylic acid groups (broad SMARTS) is 1. The summed E-state index contributed by atoms with van der Waals surface area (Å²) in [6.45, 7) is 1.53. The smallest absolute Gasteiger partial charge is 0.337 e. The molecule has 1 aromatic heterocycles. The van der Waals surface area contributed by atoms with E-state index in [0.29, 0.717) is 5.56 Å². The maximum atomic E-state index is 13.2. The highest BCUT2D eigenvalue weighted by atomic mass is 32.2. The highest BCUT2D eigenvalue weighted by molar-refractivity contribution is 7.92. The van der Waals surface area contributed by atoms with Crippen LogP contribution in [0.25, 0.3) is 0 Å². The fraction of sp³-hybridized carbons (Fsp3) is 0.0769. The fourth-order valence-electron chi connectivity index (χ4n) is 1.69. The van der Waals surface area contributed by atoms with Crippen molar-refractivity contribution in [1.82, 2.24) is 4.98 Å². The molecule has 0 fully saturated rings. The molecule has 2 N–H and O–H groups in total. The van der Waals surface area contributed by atoms with Crippen LogP contribution in [0.1, 0.15) is 15.9 Å². The van der Waals surface area contributed by atoms with Crippen LogP contribution in [-0.2, 0) is 10.0 Å². The first-order chi connectivity index (χ1) is 9.79. The van der Waals surface area contributed by atoms with E-state index in [1.54, 1.807) is 0 Å². The molecule has 8 heteroatoms. The van der Waals surface area contributed by atoms with Crippen LogP contribution in [0.3, 0.4) is 0 Å². The van der Waals surface area contributed by atoms with Crippen molar-refractivity contribution in [2.24, 2.45) is 0 Å². The summed E-state index contributed by atoms with van der Waals surface area (Å²) in [5.41, 5.74) is 0.191. The van der Waals surface area contributed by atoms with E-state index < -0.39 is 21.8 Å². The van der Waals surface area contributed by atoms with Gasteiger partial charge in [0.1, 0.15) is 5.82 Å². The Morgan fingerprint density at radius 1 is 1.29 bits per heavy atom. The molecule has 0 spiro atoms. The lowest BCUT2D eigenvalue weighted by Gasteiger charge is -2.10. The first-order valence-corrected chi connectivity index (χ1v) is 7.25. The number of nitrogens with zero attached hydrogens (tertiary/aromatic N) is 1. The van der Waals surface area contributed by atoms with E-state index in [4.69, 9.17) is 5.11 Å². The van der Waals surface area contributed by atoms with Gasteiger partial charge in [-0.25, -0.2) is 17.6 Å². The Hall–Kier alpha value is -2.48. The quantitative estimate of drug-likeness (QED) is 0.900. The van der Waals surface area contributed by atoms with Crippen LogP contribution in [-0.4, -0.2) is 24.5 Å². The lowest BCUT2D eigenvalue weighted by atomic mass is 10.2. The molecule has 0 amide bonds. The Bertz CT molecular complexity index is 806. The number of carbonyl (C=O) groups is 1. The highest BCUT2D eigenvalue weighted by Gasteiger charge is 2.18. The van der Waals surface area contributed by atoms with E-state index in [2.05, 4.69) is 9.71 Å². The Balaban J connectivity index is 2.40. The van der Waals surface area contributed by atoms with Crippen LogP contribution in [0.2, 0.25) is 0 Å². The topological polar surface area (TPSA) is 96.4 Å². The number of sulfonamides is 1. The zero-order valence-corrected chi connectivity index (χ0v) is 11.7. The molecular weight excluding hydrogens is 299 g/mol. The van der Waals surface area contributed by atoms with Crippen molar-refractivity contribution in [1.29, 1.82) is 0 Å². The Morgan fingerprint density at radius 3 is 2.67 bits per heavy atom. The standard InChI is InChI=1S/C13H11FN2O4S/c1-8-2-3-10(14)5-12(8)21(19,20)16-11-4-9(13(17)18)6-15-7-11/h2-7,16H,1H3,(H,17,18). The summed E-state index contributed by atoms with van der Waals surface area (Å²) in [6, 6.07) is 4.52. The summed E-state index contributed by atoms with van der Waals surface area (Å²) < 4.78 is 39.8. The number of anilines is 1. The van der Waals surface area contributed by atoms with Gasteiger partial charge in [-0.2, -0.15) is 0 Å². The molecule has 0 aliphatic rings. The van der Waals surface area contributed by atoms with Crippen LogP contribution >= 0.6 is 0 Å². The van der Waals surface area contributed by atoms with Gasteiger partial charge in [-0.05, 0) is 30.7 Å². The van der Waals surface area contributed by atoms with Gasteiger partial charge in [0.2, 0.25) is 0 Å². The normalized spacial score (nSPS) is 11.1. The fourth-order valence-corrected chi connectivity index (χ4v) is 2.98. The molecule has 2 rings (SSSR count). The molecule has 0 radical (unpaired) electrons. The minimum absolute atomic E-state index is 0.0152. The van der Waals surface area contributed by atoms with E-state index in [9.17, 15) is 17.6 Å². The van der Waals surface area contributed by atoms with Crippen LogP contribution in [0.4, 0.5) is 10.1 Å². The van der Waals surface area contributed by atoms with Crippen molar-refractivity contribution in [3.8, 4) is 0 Å². The maximum absolute atomic E-state index is 13.2. The van der Waals surface area contributed by atoms with Gasteiger partial charge in [-0.1, -0.05) is 6.07 Å². The first-order valence-electron chi connectivity index (χ1n) is 5.77. The Kier molecular flexibility index (Phi) is 3.90. The van der Waals surface area contributed by atoms with Gasteiger partial charge in [0.05, 0.1) is 22.3 Å². The zero-order chi connectivity index (χ0) is 15.6. The molecule has 2 aromatic rings. The second-order valence-corrected chi connectivity index (χ2v) is 5.93. The molecule has 6 nitrogen and oxygen atoms in total. The monoisotopic (exact) mass is 310 g/mol. The van der Waals surface area contributed by atoms with Gasteiger partial charge < -0.3 is 5.11 Å². The highest BCUT2D eigenvalue weighted by Crippen LogP contribution is 2.20. The molecule has 0 saturated carbocycles. The van der Waals surface area contributed by atoms with Gasteiger partial charge >= 0.3 is 5.97 Å². The third-order valence-electron chi connectivity index (χ3n) is 2.68. The second kappa shape index (κ2) is 5.49. The third-order valence-corrected chi connectivity index (χ3v) is 4.20. The molecular formula is C13H11FN2O4S. The van der Waals surface area contributed by atoms with E-state index in [0.717, 1.165) is 24.4 Å². The molecule has 0 aliphatic carbocycles. The predicted octanol–water partition coefficient (Wildman–Crippen LogP) is 2.03. The minimum atomic E-state index is -4.03. The molecule has 0 atom stereocenters. The van der Waals surface area contributed by atoms with Crippen molar-refractivity contribution in [3.63, 3.8) is 0 Å². The first kappa shape index (κ1) is 14.9. The summed E-state index contributed by atoms with van der Waals surface area (Å²) in [5.74, 6) is -1.91. The lowest BCUT2D eigenvalue weighted by molar-refractivity contribution is 0.0696. The Morgan fingerprint density at radius 2 is 2.00 bits per heavy atom. The average molecular weight is 310 g/mol. The number of benzene rings is 1. The largest absolute Gasteiger partial charge is 0.478 e. The second-order valence-electron chi connectivity index (χ2n) is 4.28. The number of aryl methyl sites for hydroxylation is 1. The zero-order valence-electron chi connectivity index (χ0n) is 10.9. The van der Waals surface area contributed by atoms with Gasteiger partial charge in [0.25, 0.3) is 10.0 Å². The average Bonchev–Trinajstić information content (AvgIpc) is 2.41. The molecule has 1 heterocycles. The molecule has 0 aliphatic heterocycles. The van der Waals surface area contributed by atoms with Crippen LogP contribution < -0.4 is 4.72 Å². The SMILES string of the molecule is Cc1ccc(F)cc1S(=O)(=O)Nc1cncc(C(=O)O)c1. The van der Waals surface area contributed by atoms with E-state index in [1.165, 1.54) is 19.2 Å². The lowest BCUT2D eigenvalue weighted by Crippen LogP contribution is -2.15. The summed E-state index contributed by atoms with van der Waals surface area (Å²) in [7, 11) is -4.03. The number of aromatic nitrogens is 1. The summed E-state index contributed by atoms with van der Waals surface area (Å²) >= 11 is 0. The number of carboxylic acids is 1. The molecule has 21 heavy (non-hydrogen) atoms. The summed E-state index contributed by atoms with van der Waals surface area (Å²) in [6.07, 6.45) is 2.26. The predicted molar refractivity (Wildman–Crippen MR) is 73.1 cm³/mol. The molecule has 0 saturated heterocycles. The molecule has 0 bridgehead atoms. The summed E-state index contributed by atoms with van der Waals surface area (Å²) in [4.78, 5) is 14.2. The van der Waals surface area contributed by atoms with E-state index in [-0.39, 0.29) is 16.1 Å². The van der Waals surface area contributed by atoms with Crippen molar-refractivity contribution in [2.45, 2.75) is 11.8 Å². The Labute approximate surface area is 120 Å². The van der Waals surface area contributed by atoms with Crippen LogP contribution in [0.15, 0.2) is 41.6 Å². The number of aromatic carboxylic acids is 1. The van der Waals surface area contributed by atoms with Gasteiger partial charge in [-0.15, -0.1) is 0 Å². The number of nitrogens with one attached hydrogen (secondary N) is 1. The van der Waals surface area contributed by atoms with Crippen molar-refractivity contribution < 1.29 is 22.7 Å². The maximum Gasteiger partial charge on any atom is 0.337 e. The number of halogens is 1. The molecule has 1 aromatic carbocycles. The van der Waals surface area contributed by atoms with Crippen molar-refractivity contribution >= 4 is 21.7 Å². The number of pyridine rings is 1. The van der Waals surface area contributed by atoms with Crippen molar-refractivity contribution in [2.75, 3.05) is 4.72 Å². The van der Waals surface area contributed by atoms with Crippen LogP contribution in [0, 0.1) is 12.7 Å². The third kappa shape index (κ3) is 3.34. The van der Waals surface area contributed by atoms with Gasteiger partial charge in [0, 0.05) is 6.20 Å². The number of hydrogen-bond donors (Lipinski definition) is 2. The van der Waals surface area contributed by atoms with E-state index >= 15 is 0 Å².